The zero-order valence-corrected chi connectivity index (χ0v) is 12.6. The fourth-order valence-corrected chi connectivity index (χ4v) is 3.80. The van der Waals surface area contributed by atoms with Gasteiger partial charge in [0.25, 0.3) is 0 Å². The molecule has 0 aromatic heterocycles. The first-order chi connectivity index (χ1) is 8.72. The van der Waals surface area contributed by atoms with Crippen LogP contribution < -0.4 is 4.72 Å². The molecule has 0 radical (unpaired) electrons. The average Bonchev–Trinajstić information content (AvgIpc) is 2.25. The maximum absolute atomic E-state index is 12.0. The Morgan fingerprint density at radius 1 is 1.21 bits per heavy atom. The van der Waals surface area contributed by atoms with Crippen molar-refractivity contribution in [2.75, 3.05) is 12.4 Å². The van der Waals surface area contributed by atoms with E-state index in [0.29, 0.717) is 6.42 Å². The molecule has 1 atom stereocenters. The molecular weight excluding hydrogens is 262 g/mol. The molecule has 2 N–H and O–H groups in total. The summed E-state index contributed by atoms with van der Waals surface area (Å²) >= 11 is 0. The Bertz CT molecular complexity index is 477. The Hall–Kier alpha value is -0.910. The van der Waals surface area contributed by atoms with E-state index in [2.05, 4.69) is 4.72 Å². The van der Waals surface area contributed by atoms with E-state index in [-0.39, 0.29) is 17.8 Å². The van der Waals surface area contributed by atoms with E-state index in [1.54, 1.807) is 0 Å². The molecule has 108 valence electrons. The molecule has 0 aliphatic heterocycles. The molecule has 1 rings (SSSR count). The molecule has 0 amide bonds. The summed E-state index contributed by atoms with van der Waals surface area (Å²) in [4.78, 5) is 0. The van der Waals surface area contributed by atoms with Gasteiger partial charge < -0.3 is 5.11 Å². The summed E-state index contributed by atoms with van der Waals surface area (Å²) in [6.45, 7) is 5.41. The molecule has 0 heterocycles. The molecule has 0 bridgehead atoms. The van der Waals surface area contributed by atoms with Crippen LogP contribution in [0.5, 0.6) is 0 Å². The molecule has 1 aromatic rings. The van der Waals surface area contributed by atoms with E-state index in [1.165, 1.54) is 0 Å². The third-order valence-electron chi connectivity index (χ3n) is 2.51. The van der Waals surface area contributed by atoms with Crippen LogP contribution in [-0.2, 0) is 16.4 Å². The fourth-order valence-electron chi connectivity index (χ4n) is 1.91. The number of sulfonamides is 1. The quantitative estimate of drug-likeness (QED) is 0.833. The van der Waals surface area contributed by atoms with Crippen molar-refractivity contribution in [2.45, 2.75) is 33.2 Å². The Balaban J connectivity index is 2.67. The van der Waals surface area contributed by atoms with Gasteiger partial charge in [-0.25, -0.2) is 13.1 Å². The summed E-state index contributed by atoms with van der Waals surface area (Å²) in [6.07, 6.45) is 0.487. The smallest absolute Gasteiger partial charge is 0.212 e. The fraction of sp³-hybridized carbons (Fsp3) is 0.571. The van der Waals surface area contributed by atoms with Crippen LogP contribution >= 0.6 is 0 Å². The van der Waals surface area contributed by atoms with Gasteiger partial charge in [0.15, 0.2) is 0 Å². The number of hydrogen-bond acceptors (Lipinski definition) is 3. The molecule has 4 nitrogen and oxygen atoms in total. The van der Waals surface area contributed by atoms with Crippen LogP contribution in [-0.4, -0.2) is 31.9 Å². The number of nitrogens with one attached hydrogen (secondary N) is 1. The molecule has 1 aromatic carbocycles. The van der Waals surface area contributed by atoms with E-state index >= 15 is 0 Å². The lowest BCUT2D eigenvalue weighted by atomic mass is 10.0. The Morgan fingerprint density at radius 3 is 2.26 bits per heavy atom. The molecular formula is C14H23NO3S. The highest BCUT2D eigenvalue weighted by molar-refractivity contribution is 7.89. The minimum Gasteiger partial charge on any atom is -0.395 e. The van der Waals surface area contributed by atoms with Crippen LogP contribution in [0.2, 0.25) is 0 Å². The second-order valence-electron chi connectivity index (χ2n) is 6.01. The molecule has 0 aliphatic rings. The van der Waals surface area contributed by atoms with Crippen LogP contribution in [0.3, 0.4) is 0 Å². The molecule has 0 saturated heterocycles. The van der Waals surface area contributed by atoms with Gasteiger partial charge in [0.2, 0.25) is 10.0 Å². The van der Waals surface area contributed by atoms with E-state index in [4.69, 9.17) is 0 Å². The van der Waals surface area contributed by atoms with Gasteiger partial charge in [0.1, 0.15) is 0 Å². The van der Waals surface area contributed by atoms with E-state index in [0.717, 1.165) is 5.56 Å². The normalized spacial score (nSPS) is 14.3. The highest BCUT2D eigenvalue weighted by Gasteiger charge is 2.24. The second-order valence-corrected chi connectivity index (χ2v) is 7.76. The van der Waals surface area contributed by atoms with E-state index < -0.39 is 16.1 Å². The topological polar surface area (TPSA) is 66.4 Å². The lowest BCUT2D eigenvalue weighted by Crippen LogP contribution is -2.42. The predicted octanol–water partition coefficient (Wildman–Crippen LogP) is 1.56. The third-order valence-corrected chi connectivity index (χ3v) is 4.45. The number of hydrogen-bond donors (Lipinski definition) is 2. The van der Waals surface area contributed by atoms with E-state index in [9.17, 15) is 13.5 Å². The van der Waals surface area contributed by atoms with Crippen molar-refractivity contribution < 1.29 is 13.5 Å². The van der Waals surface area contributed by atoms with Crippen molar-refractivity contribution in [3.63, 3.8) is 0 Å². The zero-order valence-electron chi connectivity index (χ0n) is 11.8. The third kappa shape index (κ3) is 6.71. The molecule has 0 unspecified atom stereocenters. The molecule has 0 aliphatic carbocycles. The Labute approximate surface area is 115 Å². The highest BCUT2D eigenvalue weighted by Crippen LogP contribution is 2.16. The van der Waals surface area contributed by atoms with Gasteiger partial charge in [0, 0.05) is 6.04 Å². The maximum atomic E-state index is 12.0. The lowest BCUT2D eigenvalue weighted by molar-refractivity contribution is 0.255. The second kappa shape index (κ2) is 6.50. The summed E-state index contributed by atoms with van der Waals surface area (Å²) in [7, 11) is -3.38. The van der Waals surface area contributed by atoms with Crippen molar-refractivity contribution >= 4 is 10.0 Å². The minimum absolute atomic E-state index is 0.0469. The van der Waals surface area contributed by atoms with Gasteiger partial charge >= 0.3 is 0 Å². The predicted molar refractivity (Wildman–Crippen MR) is 77.4 cm³/mol. The van der Waals surface area contributed by atoms with Crippen LogP contribution in [0, 0.1) is 5.41 Å². The SMILES string of the molecule is CC(C)(C)CS(=O)(=O)N[C@@H](CO)Cc1ccccc1. The summed E-state index contributed by atoms with van der Waals surface area (Å²) < 4.78 is 26.5. The lowest BCUT2D eigenvalue weighted by Gasteiger charge is -2.22. The van der Waals surface area contributed by atoms with Crippen molar-refractivity contribution in [3.05, 3.63) is 35.9 Å². The van der Waals surface area contributed by atoms with Gasteiger partial charge in [-0.3, -0.25) is 0 Å². The van der Waals surface area contributed by atoms with Crippen molar-refractivity contribution in [1.82, 2.24) is 4.72 Å². The molecule has 0 saturated carbocycles. The summed E-state index contributed by atoms with van der Waals surface area (Å²) in [5.74, 6) is 0.0469. The van der Waals surface area contributed by atoms with Gasteiger partial charge in [-0.05, 0) is 17.4 Å². The molecule has 5 heteroatoms. The zero-order chi connectivity index (χ0) is 14.5. The minimum atomic E-state index is -3.38. The molecule has 0 fully saturated rings. The average molecular weight is 285 g/mol. The number of benzene rings is 1. The monoisotopic (exact) mass is 285 g/mol. The van der Waals surface area contributed by atoms with Gasteiger partial charge in [0.05, 0.1) is 12.4 Å². The molecule has 0 spiro atoms. The van der Waals surface area contributed by atoms with Crippen LogP contribution in [0.4, 0.5) is 0 Å². The number of aliphatic hydroxyl groups is 1. The summed E-state index contributed by atoms with van der Waals surface area (Å²) in [5.41, 5.74) is 0.693. The number of rotatable bonds is 6. The largest absolute Gasteiger partial charge is 0.395 e. The first kappa shape index (κ1) is 16.1. The first-order valence-corrected chi connectivity index (χ1v) is 8.02. The van der Waals surface area contributed by atoms with Crippen LogP contribution in [0.25, 0.3) is 0 Å². The highest BCUT2D eigenvalue weighted by atomic mass is 32.2. The Morgan fingerprint density at radius 2 is 1.79 bits per heavy atom. The molecule has 19 heavy (non-hydrogen) atoms. The summed E-state index contributed by atoms with van der Waals surface area (Å²) in [6, 6.07) is 9.05. The van der Waals surface area contributed by atoms with Crippen LogP contribution in [0.1, 0.15) is 26.3 Å². The Kier molecular flexibility index (Phi) is 5.52. The van der Waals surface area contributed by atoms with Crippen molar-refractivity contribution in [2.24, 2.45) is 5.41 Å². The standard InChI is InChI=1S/C14H23NO3S/c1-14(2,3)11-19(17,18)15-13(10-16)9-12-7-5-4-6-8-12/h4-8,13,15-16H,9-11H2,1-3H3/t13-/m1/s1. The van der Waals surface area contributed by atoms with Gasteiger partial charge in [-0.2, -0.15) is 0 Å². The number of aliphatic hydroxyl groups excluding tert-OH is 1. The maximum Gasteiger partial charge on any atom is 0.212 e. The van der Waals surface area contributed by atoms with Gasteiger partial charge in [-0.15, -0.1) is 0 Å². The van der Waals surface area contributed by atoms with Crippen molar-refractivity contribution in [3.8, 4) is 0 Å². The van der Waals surface area contributed by atoms with E-state index in [1.807, 2.05) is 51.1 Å². The van der Waals surface area contributed by atoms with Crippen molar-refractivity contribution in [1.29, 1.82) is 0 Å². The van der Waals surface area contributed by atoms with Crippen LogP contribution in [0.15, 0.2) is 30.3 Å². The first-order valence-electron chi connectivity index (χ1n) is 6.37. The van der Waals surface area contributed by atoms with Gasteiger partial charge in [-0.1, -0.05) is 51.1 Å². The summed E-state index contributed by atoms with van der Waals surface area (Å²) in [5, 5.41) is 9.32.